The summed E-state index contributed by atoms with van der Waals surface area (Å²) in [6.07, 6.45) is -3.28. The number of methoxy groups -OCH3 is 1. The quantitative estimate of drug-likeness (QED) is 0.292. The molecule has 13 heteroatoms. The van der Waals surface area contributed by atoms with Gasteiger partial charge in [-0.05, 0) is 30.7 Å². The van der Waals surface area contributed by atoms with Gasteiger partial charge in [0, 0.05) is 35.6 Å². The van der Waals surface area contributed by atoms with Gasteiger partial charge >= 0.3 is 6.18 Å². The summed E-state index contributed by atoms with van der Waals surface area (Å²) in [6.45, 7) is 0. The van der Waals surface area contributed by atoms with Crippen molar-refractivity contribution in [1.29, 1.82) is 0 Å². The zero-order chi connectivity index (χ0) is 27.2. The van der Waals surface area contributed by atoms with Crippen molar-refractivity contribution in [2.24, 2.45) is 11.8 Å². The van der Waals surface area contributed by atoms with Gasteiger partial charge in [-0.25, -0.2) is 12.8 Å². The molecule has 0 saturated heterocycles. The molecule has 8 nitrogen and oxygen atoms in total. The van der Waals surface area contributed by atoms with Crippen LogP contribution in [0.25, 0.3) is 16.6 Å². The molecule has 38 heavy (non-hydrogen) atoms. The van der Waals surface area contributed by atoms with Crippen molar-refractivity contribution >= 4 is 26.7 Å². The maximum Gasteiger partial charge on any atom is 0.393 e. The SMILES string of the molecule is COc1cc(C#C[C@@H]2C[C@@H]2C(F)(F)F)c(F)cc1-n1c(=O)ccc2cc(S(=O)(=O)Nc3ccon3)ccc21. The van der Waals surface area contributed by atoms with Gasteiger partial charge in [0.1, 0.15) is 17.8 Å². The number of hydrogen-bond acceptors (Lipinski definition) is 6. The Morgan fingerprint density at radius 1 is 1.16 bits per heavy atom. The Hall–Kier alpha value is -4.31. The van der Waals surface area contributed by atoms with Crippen LogP contribution >= 0.6 is 0 Å². The van der Waals surface area contributed by atoms with Gasteiger partial charge in [-0.2, -0.15) is 13.2 Å². The van der Waals surface area contributed by atoms with E-state index in [2.05, 4.69) is 26.2 Å². The molecule has 0 amide bonds. The number of ether oxygens (including phenoxy) is 1. The Kier molecular flexibility index (Phi) is 6.15. The summed E-state index contributed by atoms with van der Waals surface area (Å²) in [5.74, 6) is 1.64. The minimum atomic E-state index is -4.35. The molecule has 0 bridgehead atoms. The smallest absolute Gasteiger partial charge is 0.393 e. The number of nitrogens with zero attached hydrogens (tertiary/aromatic N) is 2. The first kappa shape index (κ1) is 25.3. The average molecular weight is 547 g/mol. The molecule has 0 spiro atoms. The summed E-state index contributed by atoms with van der Waals surface area (Å²) in [6, 6.07) is 10.1. The number of benzene rings is 2. The number of pyridine rings is 1. The summed E-state index contributed by atoms with van der Waals surface area (Å²) in [5.41, 5.74) is -0.488. The lowest BCUT2D eigenvalue weighted by Crippen LogP contribution is -2.19. The molecule has 1 saturated carbocycles. The predicted octanol–water partition coefficient (Wildman–Crippen LogP) is 4.48. The van der Waals surface area contributed by atoms with Crippen LogP contribution in [0.2, 0.25) is 0 Å². The molecule has 1 N–H and O–H groups in total. The van der Waals surface area contributed by atoms with Crippen LogP contribution in [-0.2, 0) is 10.0 Å². The van der Waals surface area contributed by atoms with Gasteiger partial charge in [-0.1, -0.05) is 17.0 Å². The molecule has 4 aromatic rings. The predicted molar refractivity (Wildman–Crippen MR) is 128 cm³/mol. The summed E-state index contributed by atoms with van der Waals surface area (Å²) in [4.78, 5) is 12.7. The van der Waals surface area contributed by atoms with Gasteiger partial charge in [0.25, 0.3) is 15.6 Å². The van der Waals surface area contributed by atoms with Gasteiger partial charge in [0.2, 0.25) is 0 Å². The molecule has 2 heterocycles. The molecule has 1 aliphatic carbocycles. The lowest BCUT2D eigenvalue weighted by molar-refractivity contribution is -0.149. The zero-order valence-corrected chi connectivity index (χ0v) is 20.2. The zero-order valence-electron chi connectivity index (χ0n) is 19.4. The number of fused-ring (bicyclic) bond motifs is 1. The third-order valence-corrected chi connectivity index (χ3v) is 7.32. The first-order chi connectivity index (χ1) is 18.0. The Balaban J connectivity index is 1.54. The summed E-state index contributed by atoms with van der Waals surface area (Å²) >= 11 is 0. The van der Waals surface area contributed by atoms with E-state index in [0.29, 0.717) is 5.39 Å². The minimum absolute atomic E-state index is 0.00192. The van der Waals surface area contributed by atoms with Crippen molar-refractivity contribution < 1.29 is 35.2 Å². The van der Waals surface area contributed by atoms with Crippen LogP contribution in [0.3, 0.4) is 0 Å². The van der Waals surface area contributed by atoms with Crippen molar-refractivity contribution in [1.82, 2.24) is 9.72 Å². The number of aromatic nitrogens is 2. The van der Waals surface area contributed by atoms with Crippen LogP contribution in [0.1, 0.15) is 12.0 Å². The molecule has 2 aromatic heterocycles. The number of nitrogens with one attached hydrogen (secondary N) is 1. The van der Waals surface area contributed by atoms with E-state index in [0.717, 1.165) is 10.6 Å². The van der Waals surface area contributed by atoms with E-state index in [-0.39, 0.29) is 39.7 Å². The van der Waals surface area contributed by atoms with Crippen molar-refractivity contribution in [3.8, 4) is 23.3 Å². The molecular weight excluding hydrogens is 530 g/mol. The maximum atomic E-state index is 15.0. The molecule has 0 aliphatic heterocycles. The van der Waals surface area contributed by atoms with E-state index in [1.807, 2.05) is 0 Å². The summed E-state index contributed by atoms with van der Waals surface area (Å²) < 4.78 is 92.1. The first-order valence-electron chi connectivity index (χ1n) is 11.0. The van der Waals surface area contributed by atoms with Crippen LogP contribution in [0, 0.1) is 29.5 Å². The monoisotopic (exact) mass is 547 g/mol. The fraction of sp³-hybridized carbons (Fsp3) is 0.200. The highest BCUT2D eigenvalue weighted by atomic mass is 32.2. The van der Waals surface area contributed by atoms with Gasteiger partial charge < -0.3 is 9.26 Å². The Morgan fingerprint density at radius 2 is 1.95 bits per heavy atom. The van der Waals surface area contributed by atoms with E-state index in [9.17, 15) is 30.8 Å². The van der Waals surface area contributed by atoms with E-state index < -0.39 is 39.4 Å². The minimum Gasteiger partial charge on any atom is -0.495 e. The molecule has 1 aliphatic rings. The Labute approximate surface area is 212 Å². The summed E-state index contributed by atoms with van der Waals surface area (Å²) in [5, 5.41) is 3.85. The Morgan fingerprint density at radius 3 is 2.61 bits per heavy atom. The summed E-state index contributed by atoms with van der Waals surface area (Å²) in [7, 11) is -2.76. The molecule has 0 radical (unpaired) electrons. The normalized spacial score (nSPS) is 17.1. The highest BCUT2D eigenvalue weighted by molar-refractivity contribution is 7.92. The number of rotatable bonds is 5. The molecule has 2 aromatic carbocycles. The number of anilines is 1. The molecule has 196 valence electrons. The van der Waals surface area contributed by atoms with E-state index >= 15 is 0 Å². The van der Waals surface area contributed by atoms with Gasteiger partial charge in [0.15, 0.2) is 5.82 Å². The standard InChI is InChI=1S/C25H17F4N3O5S/c1-36-22-12-15(3-2-14-11-18(14)25(27,28)29)19(26)13-21(22)32-20-6-5-17(10-16(20)4-7-24(32)33)38(34,35)31-23-8-9-37-30-23/h4-10,12-14,18H,11H2,1H3,(H,30,31)/t14-,18+/m1/s1. The molecular formula is C25H17F4N3O5S. The largest absolute Gasteiger partial charge is 0.495 e. The van der Waals surface area contributed by atoms with Crippen molar-refractivity contribution in [2.45, 2.75) is 17.5 Å². The number of hydrogen-bond donors (Lipinski definition) is 1. The second kappa shape index (κ2) is 9.21. The fourth-order valence-electron chi connectivity index (χ4n) is 3.97. The third kappa shape index (κ3) is 4.82. The van der Waals surface area contributed by atoms with Gasteiger partial charge in [-0.15, -0.1) is 0 Å². The van der Waals surface area contributed by atoms with Crippen molar-refractivity contribution in [3.05, 3.63) is 76.5 Å². The highest BCUT2D eigenvalue weighted by Crippen LogP contribution is 2.49. The first-order valence-corrected chi connectivity index (χ1v) is 12.5. The second-order valence-electron chi connectivity index (χ2n) is 8.48. The molecule has 0 unspecified atom stereocenters. The second-order valence-corrected chi connectivity index (χ2v) is 10.2. The molecule has 5 rings (SSSR count). The van der Waals surface area contributed by atoms with Crippen LogP contribution in [-0.4, -0.2) is 31.4 Å². The molecule has 2 atom stereocenters. The van der Waals surface area contributed by atoms with Crippen molar-refractivity contribution in [3.63, 3.8) is 0 Å². The number of sulfonamides is 1. The number of alkyl halides is 3. The average Bonchev–Trinajstić information content (AvgIpc) is 3.50. The third-order valence-electron chi connectivity index (χ3n) is 5.97. The Bertz CT molecular complexity index is 1770. The lowest BCUT2D eigenvalue weighted by atomic mass is 10.1. The van der Waals surface area contributed by atoms with Crippen LogP contribution in [0.15, 0.2) is 69.0 Å². The topological polar surface area (TPSA) is 103 Å². The van der Waals surface area contributed by atoms with Gasteiger partial charge in [-0.3, -0.25) is 14.1 Å². The fourth-order valence-corrected chi connectivity index (χ4v) is 4.99. The van der Waals surface area contributed by atoms with Gasteiger partial charge in [0.05, 0.1) is 34.7 Å². The van der Waals surface area contributed by atoms with Crippen molar-refractivity contribution in [2.75, 3.05) is 11.8 Å². The van der Waals surface area contributed by atoms with Crippen LogP contribution in [0.4, 0.5) is 23.4 Å². The number of halogens is 4. The molecule has 1 fully saturated rings. The van der Waals surface area contributed by atoms with E-state index in [4.69, 9.17) is 4.74 Å². The maximum absolute atomic E-state index is 15.0. The van der Waals surface area contributed by atoms with Crippen LogP contribution < -0.4 is 15.0 Å². The lowest BCUT2D eigenvalue weighted by Gasteiger charge is -2.15. The van der Waals surface area contributed by atoms with E-state index in [1.54, 1.807) is 0 Å². The van der Waals surface area contributed by atoms with Crippen LogP contribution in [0.5, 0.6) is 5.75 Å². The highest BCUT2D eigenvalue weighted by Gasteiger charge is 2.55. The van der Waals surface area contributed by atoms with E-state index in [1.165, 1.54) is 55.8 Å².